The Balaban J connectivity index is 2.43. The fraction of sp³-hybridized carbons (Fsp3) is 0.333. The Hall–Kier alpha value is -0.830. The molecule has 1 aromatic rings. The van der Waals surface area contributed by atoms with Crippen LogP contribution in [0.25, 0.3) is 0 Å². The lowest BCUT2D eigenvalue weighted by atomic mass is 10.1. The molecule has 0 aliphatic carbocycles. The topological polar surface area (TPSA) is 32.3 Å². The van der Waals surface area contributed by atoms with E-state index in [2.05, 4.69) is 11.9 Å². The molecule has 0 radical (unpaired) electrons. The largest absolute Gasteiger partial charge is 0.395 e. The highest BCUT2D eigenvalue weighted by atomic mass is 35.5. The first-order valence-electron chi connectivity index (χ1n) is 4.94. The van der Waals surface area contributed by atoms with Gasteiger partial charge in [0.25, 0.3) is 0 Å². The molecule has 0 saturated heterocycles. The first-order valence-corrected chi connectivity index (χ1v) is 5.31. The van der Waals surface area contributed by atoms with Gasteiger partial charge in [0.15, 0.2) is 0 Å². The summed E-state index contributed by atoms with van der Waals surface area (Å²) < 4.78 is 0. The summed E-state index contributed by atoms with van der Waals surface area (Å²) in [6.45, 7) is 4.21. The molecule has 0 amide bonds. The number of hydrogen-bond acceptors (Lipinski definition) is 2. The zero-order valence-corrected chi connectivity index (χ0v) is 9.37. The van der Waals surface area contributed by atoms with E-state index in [4.69, 9.17) is 16.7 Å². The first kappa shape index (κ1) is 12.2. The number of aliphatic hydroxyl groups excluding tert-OH is 1. The molecule has 1 unspecified atom stereocenters. The summed E-state index contributed by atoms with van der Waals surface area (Å²) in [5.74, 6) is 0. The Morgan fingerprint density at radius 3 is 2.60 bits per heavy atom. The number of hydrogen-bond donors (Lipinski definition) is 2. The molecule has 0 spiro atoms. The molecule has 1 rings (SSSR count). The van der Waals surface area contributed by atoms with E-state index in [1.165, 1.54) is 5.56 Å². The fourth-order valence-corrected chi connectivity index (χ4v) is 1.43. The van der Waals surface area contributed by atoms with E-state index < -0.39 is 0 Å². The Morgan fingerprint density at radius 1 is 1.40 bits per heavy atom. The van der Waals surface area contributed by atoms with Crippen molar-refractivity contribution >= 4 is 11.6 Å². The van der Waals surface area contributed by atoms with Gasteiger partial charge in [-0.2, -0.15) is 0 Å². The molecular weight excluding hydrogens is 210 g/mol. The van der Waals surface area contributed by atoms with E-state index in [1.807, 2.05) is 30.3 Å². The minimum Gasteiger partial charge on any atom is -0.395 e. The average molecular weight is 226 g/mol. The normalized spacial score (nSPS) is 12.4. The maximum atomic E-state index is 9.16. The van der Waals surface area contributed by atoms with Crippen molar-refractivity contribution in [3.8, 4) is 0 Å². The van der Waals surface area contributed by atoms with Gasteiger partial charge in [0.05, 0.1) is 6.61 Å². The van der Waals surface area contributed by atoms with Crippen LogP contribution in [0.3, 0.4) is 0 Å². The summed E-state index contributed by atoms with van der Waals surface area (Å²) in [7, 11) is 0. The SMILES string of the molecule is C=C(Cl)CNC(CO)Cc1ccccc1. The van der Waals surface area contributed by atoms with Crippen molar-refractivity contribution in [1.82, 2.24) is 5.32 Å². The van der Waals surface area contributed by atoms with Crippen molar-refractivity contribution in [3.05, 3.63) is 47.5 Å². The van der Waals surface area contributed by atoms with Crippen molar-refractivity contribution in [1.29, 1.82) is 0 Å². The van der Waals surface area contributed by atoms with E-state index >= 15 is 0 Å². The molecule has 15 heavy (non-hydrogen) atoms. The minimum atomic E-state index is 0.0305. The second kappa shape index (κ2) is 6.62. The van der Waals surface area contributed by atoms with Gasteiger partial charge in [0.1, 0.15) is 0 Å². The first-order chi connectivity index (χ1) is 7.22. The van der Waals surface area contributed by atoms with Gasteiger partial charge < -0.3 is 10.4 Å². The molecule has 0 saturated carbocycles. The quantitative estimate of drug-likeness (QED) is 0.776. The second-order valence-electron chi connectivity index (χ2n) is 3.47. The van der Waals surface area contributed by atoms with Gasteiger partial charge in [-0.15, -0.1) is 0 Å². The van der Waals surface area contributed by atoms with Crippen molar-refractivity contribution in [2.24, 2.45) is 0 Å². The molecule has 0 aromatic heterocycles. The van der Waals surface area contributed by atoms with Gasteiger partial charge in [0, 0.05) is 17.6 Å². The fourth-order valence-electron chi connectivity index (χ4n) is 1.35. The van der Waals surface area contributed by atoms with Crippen LogP contribution in [0, 0.1) is 0 Å². The summed E-state index contributed by atoms with van der Waals surface area (Å²) in [6.07, 6.45) is 0.793. The van der Waals surface area contributed by atoms with Crippen LogP contribution in [0.4, 0.5) is 0 Å². The van der Waals surface area contributed by atoms with Gasteiger partial charge in [-0.1, -0.05) is 48.5 Å². The molecule has 0 aliphatic heterocycles. The molecule has 82 valence electrons. The van der Waals surface area contributed by atoms with Gasteiger partial charge in [-0.05, 0) is 12.0 Å². The molecule has 1 aromatic carbocycles. The Kier molecular flexibility index (Phi) is 5.40. The Labute approximate surface area is 95.6 Å². The van der Waals surface area contributed by atoms with Gasteiger partial charge in [-0.25, -0.2) is 0 Å². The highest BCUT2D eigenvalue weighted by molar-refractivity contribution is 6.29. The van der Waals surface area contributed by atoms with E-state index in [9.17, 15) is 0 Å². The van der Waals surface area contributed by atoms with E-state index in [1.54, 1.807) is 0 Å². The summed E-state index contributed by atoms with van der Waals surface area (Å²) in [4.78, 5) is 0. The lowest BCUT2D eigenvalue weighted by Crippen LogP contribution is -2.35. The minimum absolute atomic E-state index is 0.0305. The standard InChI is InChI=1S/C12H16ClNO/c1-10(13)8-14-12(9-15)7-11-5-3-2-4-6-11/h2-6,12,14-15H,1,7-9H2. The number of halogens is 1. The molecule has 0 bridgehead atoms. The van der Waals surface area contributed by atoms with E-state index in [0.717, 1.165) is 6.42 Å². The number of benzene rings is 1. The van der Waals surface area contributed by atoms with Crippen LogP contribution in [0.1, 0.15) is 5.56 Å². The zero-order chi connectivity index (χ0) is 11.1. The predicted molar refractivity (Wildman–Crippen MR) is 64.0 cm³/mol. The van der Waals surface area contributed by atoms with Gasteiger partial charge in [-0.3, -0.25) is 0 Å². The van der Waals surface area contributed by atoms with Crippen molar-refractivity contribution < 1.29 is 5.11 Å². The molecule has 1 atom stereocenters. The molecule has 0 aliphatic rings. The third-order valence-electron chi connectivity index (χ3n) is 2.13. The summed E-state index contributed by atoms with van der Waals surface area (Å²) >= 11 is 5.64. The predicted octanol–water partition coefficient (Wildman–Crippen LogP) is 1.93. The Bertz CT molecular complexity index is 300. The lowest BCUT2D eigenvalue weighted by Gasteiger charge is -2.15. The van der Waals surface area contributed by atoms with Crippen molar-refractivity contribution in [2.75, 3.05) is 13.2 Å². The zero-order valence-electron chi connectivity index (χ0n) is 8.62. The number of aliphatic hydroxyl groups is 1. The van der Waals surface area contributed by atoms with Crippen LogP contribution in [-0.2, 0) is 6.42 Å². The van der Waals surface area contributed by atoms with Gasteiger partial charge in [0.2, 0.25) is 0 Å². The summed E-state index contributed by atoms with van der Waals surface area (Å²) in [5.41, 5.74) is 1.20. The molecule has 0 heterocycles. The molecular formula is C12H16ClNO. The maximum Gasteiger partial charge on any atom is 0.0587 e. The highest BCUT2D eigenvalue weighted by Crippen LogP contribution is 2.03. The Morgan fingerprint density at radius 2 is 2.07 bits per heavy atom. The maximum absolute atomic E-state index is 9.16. The van der Waals surface area contributed by atoms with Gasteiger partial charge >= 0.3 is 0 Å². The molecule has 2 N–H and O–H groups in total. The third kappa shape index (κ3) is 4.98. The number of nitrogens with one attached hydrogen (secondary N) is 1. The van der Waals surface area contributed by atoms with E-state index in [0.29, 0.717) is 11.6 Å². The molecule has 2 nitrogen and oxygen atoms in total. The summed E-state index contributed by atoms with van der Waals surface area (Å²) in [5, 5.41) is 12.9. The average Bonchev–Trinajstić information content (AvgIpc) is 2.25. The lowest BCUT2D eigenvalue weighted by molar-refractivity contribution is 0.245. The van der Waals surface area contributed by atoms with Crippen molar-refractivity contribution in [2.45, 2.75) is 12.5 Å². The van der Waals surface area contributed by atoms with Crippen LogP contribution < -0.4 is 5.32 Å². The monoisotopic (exact) mass is 225 g/mol. The number of rotatable bonds is 6. The van der Waals surface area contributed by atoms with Crippen LogP contribution in [0.2, 0.25) is 0 Å². The van der Waals surface area contributed by atoms with Crippen LogP contribution in [-0.4, -0.2) is 24.3 Å². The molecule has 0 fully saturated rings. The van der Waals surface area contributed by atoms with Crippen molar-refractivity contribution in [3.63, 3.8) is 0 Å². The van der Waals surface area contributed by atoms with Crippen LogP contribution in [0.5, 0.6) is 0 Å². The summed E-state index contributed by atoms with van der Waals surface area (Å²) in [6, 6.07) is 10.1. The van der Waals surface area contributed by atoms with E-state index in [-0.39, 0.29) is 12.6 Å². The second-order valence-corrected chi connectivity index (χ2v) is 4.00. The third-order valence-corrected chi connectivity index (χ3v) is 2.26. The smallest absolute Gasteiger partial charge is 0.0587 e. The highest BCUT2D eigenvalue weighted by Gasteiger charge is 2.07. The van der Waals surface area contributed by atoms with Crippen LogP contribution in [0.15, 0.2) is 41.9 Å². The van der Waals surface area contributed by atoms with Crippen LogP contribution >= 0.6 is 11.6 Å². The molecule has 3 heteroatoms.